The second-order valence-electron chi connectivity index (χ2n) is 3.69. The first-order valence-electron chi connectivity index (χ1n) is 5.26. The van der Waals surface area contributed by atoms with Crippen LogP contribution in [0.25, 0.3) is 0 Å². The number of hydrogen-bond acceptors (Lipinski definition) is 7. The molecule has 0 bridgehead atoms. The highest BCUT2D eigenvalue weighted by molar-refractivity contribution is 5.76. The van der Waals surface area contributed by atoms with Gasteiger partial charge >= 0.3 is 6.01 Å². The van der Waals surface area contributed by atoms with Gasteiger partial charge in [-0.2, -0.15) is 15.0 Å². The van der Waals surface area contributed by atoms with Crippen LogP contribution in [0.2, 0.25) is 0 Å². The highest BCUT2D eigenvalue weighted by atomic mass is 16.5. The van der Waals surface area contributed by atoms with Gasteiger partial charge in [-0.15, -0.1) is 0 Å². The van der Waals surface area contributed by atoms with Gasteiger partial charge in [-0.1, -0.05) is 0 Å². The van der Waals surface area contributed by atoms with E-state index >= 15 is 0 Å². The van der Waals surface area contributed by atoms with E-state index in [0.29, 0.717) is 18.9 Å². The molecule has 2 rings (SSSR count). The molecule has 2 heterocycles. The van der Waals surface area contributed by atoms with Crippen molar-refractivity contribution in [3.8, 4) is 6.01 Å². The first-order valence-corrected chi connectivity index (χ1v) is 5.26. The number of amides is 1. The van der Waals surface area contributed by atoms with E-state index in [4.69, 9.17) is 10.5 Å². The van der Waals surface area contributed by atoms with Crippen LogP contribution in [0.1, 0.15) is 12.8 Å². The van der Waals surface area contributed by atoms with Crippen molar-refractivity contribution in [3.63, 3.8) is 0 Å². The number of anilines is 2. The summed E-state index contributed by atoms with van der Waals surface area (Å²) in [7, 11) is 1.46. The molecule has 1 fully saturated rings. The number of carbonyl (C=O) groups excluding carboxylic acids is 1. The minimum atomic E-state index is 0.0655. The Morgan fingerprint density at radius 1 is 1.47 bits per heavy atom. The average molecular weight is 238 g/mol. The fourth-order valence-electron chi connectivity index (χ4n) is 1.57. The Hall–Kier alpha value is -2.12. The van der Waals surface area contributed by atoms with Crippen molar-refractivity contribution in [2.24, 2.45) is 0 Å². The lowest BCUT2D eigenvalue weighted by Gasteiger charge is -2.23. The molecule has 0 aromatic carbocycles. The summed E-state index contributed by atoms with van der Waals surface area (Å²) in [6.45, 7) is 0.548. The lowest BCUT2D eigenvalue weighted by molar-refractivity contribution is -0.122. The van der Waals surface area contributed by atoms with Gasteiger partial charge in [0.2, 0.25) is 17.8 Å². The molecule has 4 N–H and O–H groups in total. The van der Waals surface area contributed by atoms with E-state index in [0.717, 1.165) is 6.42 Å². The molecular weight excluding hydrogens is 224 g/mol. The maximum Gasteiger partial charge on any atom is 0.322 e. The van der Waals surface area contributed by atoms with Crippen molar-refractivity contribution in [1.82, 2.24) is 20.3 Å². The Bertz CT molecular complexity index is 414. The van der Waals surface area contributed by atoms with Gasteiger partial charge in [-0.3, -0.25) is 4.79 Å². The van der Waals surface area contributed by atoms with Gasteiger partial charge in [0.15, 0.2) is 0 Å². The zero-order chi connectivity index (χ0) is 12.3. The fraction of sp³-hybridized carbons (Fsp3) is 0.556. The summed E-state index contributed by atoms with van der Waals surface area (Å²) in [5.41, 5.74) is 5.51. The normalized spacial score (nSPS) is 19.6. The van der Waals surface area contributed by atoms with Crippen molar-refractivity contribution in [2.75, 3.05) is 24.7 Å². The van der Waals surface area contributed by atoms with Crippen molar-refractivity contribution >= 4 is 17.8 Å². The number of nitrogen functional groups attached to an aromatic ring is 1. The quantitative estimate of drug-likeness (QED) is 0.628. The zero-order valence-corrected chi connectivity index (χ0v) is 9.43. The summed E-state index contributed by atoms with van der Waals surface area (Å²) >= 11 is 0. The smallest absolute Gasteiger partial charge is 0.322 e. The van der Waals surface area contributed by atoms with Crippen LogP contribution in [-0.4, -0.2) is 40.6 Å². The number of ether oxygens (including phenoxy) is 1. The molecule has 0 spiro atoms. The van der Waals surface area contributed by atoms with Crippen molar-refractivity contribution in [3.05, 3.63) is 0 Å². The Kier molecular flexibility index (Phi) is 3.22. The Morgan fingerprint density at radius 3 is 2.94 bits per heavy atom. The summed E-state index contributed by atoms with van der Waals surface area (Å²) in [6, 6.07) is 0.263. The summed E-state index contributed by atoms with van der Waals surface area (Å²) in [5, 5.41) is 5.84. The van der Waals surface area contributed by atoms with E-state index < -0.39 is 0 Å². The molecule has 0 saturated carbocycles. The maximum absolute atomic E-state index is 11.0. The minimum Gasteiger partial charge on any atom is -0.467 e. The molecule has 8 nitrogen and oxygen atoms in total. The molecule has 1 atom stereocenters. The fourth-order valence-corrected chi connectivity index (χ4v) is 1.57. The van der Waals surface area contributed by atoms with Gasteiger partial charge < -0.3 is 21.1 Å². The van der Waals surface area contributed by atoms with Crippen LogP contribution in [0.3, 0.4) is 0 Å². The van der Waals surface area contributed by atoms with Crippen LogP contribution >= 0.6 is 0 Å². The number of rotatable bonds is 3. The number of nitrogens with two attached hydrogens (primary N) is 1. The summed E-state index contributed by atoms with van der Waals surface area (Å²) in [6.07, 6.45) is 1.23. The number of piperidine rings is 1. The van der Waals surface area contributed by atoms with E-state index in [1.807, 2.05) is 0 Å². The maximum atomic E-state index is 11.0. The van der Waals surface area contributed by atoms with Crippen LogP contribution in [0.5, 0.6) is 6.01 Å². The Morgan fingerprint density at radius 2 is 2.29 bits per heavy atom. The number of nitrogens with zero attached hydrogens (tertiary/aromatic N) is 3. The van der Waals surface area contributed by atoms with Crippen molar-refractivity contribution in [1.29, 1.82) is 0 Å². The largest absolute Gasteiger partial charge is 0.467 e. The summed E-state index contributed by atoms with van der Waals surface area (Å²) < 4.78 is 4.89. The molecule has 1 aromatic rings. The molecule has 1 aromatic heterocycles. The predicted octanol–water partition coefficient (Wildman–Crippen LogP) is -0.847. The molecule has 17 heavy (non-hydrogen) atoms. The van der Waals surface area contributed by atoms with Gasteiger partial charge in [0, 0.05) is 19.0 Å². The van der Waals surface area contributed by atoms with Gasteiger partial charge in [-0.25, -0.2) is 0 Å². The molecule has 92 valence electrons. The molecule has 1 aliphatic rings. The molecule has 1 saturated heterocycles. The first-order chi connectivity index (χ1) is 8.17. The summed E-state index contributed by atoms with van der Waals surface area (Å²) in [4.78, 5) is 22.7. The van der Waals surface area contributed by atoms with Gasteiger partial charge in [0.1, 0.15) is 0 Å². The molecule has 1 aliphatic heterocycles. The molecule has 8 heteroatoms. The number of nitrogens with one attached hydrogen (secondary N) is 2. The summed E-state index contributed by atoms with van der Waals surface area (Å²) in [5.74, 6) is 0.519. The third-order valence-electron chi connectivity index (χ3n) is 2.41. The van der Waals surface area contributed by atoms with Crippen LogP contribution in [0.15, 0.2) is 0 Å². The van der Waals surface area contributed by atoms with E-state index in [2.05, 4.69) is 25.6 Å². The predicted molar refractivity (Wildman–Crippen MR) is 60.4 cm³/mol. The monoisotopic (exact) mass is 238 g/mol. The topological polar surface area (TPSA) is 115 Å². The highest BCUT2D eigenvalue weighted by Crippen LogP contribution is 2.12. The lowest BCUT2D eigenvalue weighted by atomic mass is 10.1. The molecule has 0 radical (unpaired) electrons. The SMILES string of the molecule is COc1nc(N)nc(NC2CCC(=O)NC2)n1. The first kappa shape index (κ1) is 11.4. The van der Waals surface area contributed by atoms with E-state index in [9.17, 15) is 4.79 Å². The third-order valence-corrected chi connectivity index (χ3v) is 2.41. The molecule has 0 aliphatic carbocycles. The second kappa shape index (κ2) is 4.81. The number of methoxy groups -OCH3 is 1. The minimum absolute atomic E-state index is 0.0655. The molecular formula is C9H14N6O2. The van der Waals surface area contributed by atoms with E-state index in [1.54, 1.807) is 0 Å². The van der Waals surface area contributed by atoms with Gasteiger partial charge in [-0.05, 0) is 6.42 Å². The van der Waals surface area contributed by atoms with Crippen LogP contribution in [0, 0.1) is 0 Å². The number of hydrogen-bond donors (Lipinski definition) is 3. The zero-order valence-electron chi connectivity index (χ0n) is 9.43. The van der Waals surface area contributed by atoms with Crippen molar-refractivity contribution in [2.45, 2.75) is 18.9 Å². The lowest BCUT2D eigenvalue weighted by Crippen LogP contribution is -2.42. The standard InChI is InChI=1S/C9H14N6O2/c1-17-9-14-7(10)13-8(15-9)12-5-2-3-6(16)11-4-5/h5H,2-4H2,1H3,(H,11,16)(H3,10,12,13,14,15). The van der Waals surface area contributed by atoms with Crippen molar-refractivity contribution < 1.29 is 9.53 Å². The Labute approximate surface area is 98.0 Å². The van der Waals surface area contributed by atoms with Gasteiger partial charge in [0.05, 0.1) is 7.11 Å². The second-order valence-corrected chi connectivity index (χ2v) is 3.69. The van der Waals surface area contributed by atoms with Crippen LogP contribution in [-0.2, 0) is 4.79 Å². The molecule has 1 unspecified atom stereocenters. The van der Waals surface area contributed by atoms with E-state index in [-0.39, 0.29) is 23.9 Å². The van der Waals surface area contributed by atoms with Crippen LogP contribution in [0.4, 0.5) is 11.9 Å². The Balaban J connectivity index is 2.02. The molecule has 1 amide bonds. The average Bonchev–Trinajstić information content (AvgIpc) is 2.31. The highest BCUT2D eigenvalue weighted by Gasteiger charge is 2.18. The van der Waals surface area contributed by atoms with Gasteiger partial charge in [0.25, 0.3) is 0 Å². The number of carbonyl (C=O) groups is 1. The van der Waals surface area contributed by atoms with E-state index in [1.165, 1.54) is 7.11 Å². The number of aromatic nitrogens is 3. The third kappa shape index (κ3) is 2.92. The van der Waals surface area contributed by atoms with Crippen LogP contribution < -0.4 is 21.1 Å².